The van der Waals surface area contributed by atoms with E-state index in [0.717, 1.165) is 34.2 Å². The number of amides is 1. The fourth-order valence-electron chi connectivity index (χ4n) is 3.28. The first-order valence-electron chi connectivity index (χ1n) is 10.5. The summed E-state index contributed by atoms with van der Waals surface area (Å²) >= 11 is 1.35. The lowest BCUT2D eigenvalue weighted by atomic mass is 10.2. The molecule has 2 N–H and O–H groups in total. The average molecular weight is 460 g/mol. The predicted molar refractivity (Wildman–Crippen MR) is 132 cm³/mol. The number of methoxy groups -OCH3 is 1. The number of para-hydroxylation sites is 1. The van der Waals surface area contributed by atoms with Gasteiger partial charge in [-0.05, 0) is 61.0 Å². The number of nitrogens with zero attached hydrogens (tertiary/aromatic N) is 3. The van der Waals surface area contributed by atoms with Crippen molar-refractivity contribution in [1.29, 1.82) is 0 Å². The first-order chi connectivity index (χ1) is 16.1. The molecule has 0 spiro atoms. The Morgan fingerprint density at radius 3 is 2.48 bits per heavy atom. The maximum atomic E-state index is 12.5. The fraction of sp³-hybridized carbons (Fsp3) is 0.160. The third-order valence-corrected chi connectivity index (χ3v) is 5.82. The first-order valence-corrected chi connectivity index (χ1v) is 11.5. The van der Waals surface area contributed by atoms with Gasteiger partial charge in [-0.1, -0.05) is 42.1 Å². The van der Waals surface area contributed by atoms with Crippen LogP contribution in [0.25, 0.3) is 5.69 Å². The summed E-state index contributed by atoms with van der Waals surface area (Å²) in [6.07, 6.45) is 0. The molecule has 1 amide bonds. The fourth-order valence-corrected chi connectivity index (χ4v) is 4.06. The summed E-state index contributed by atoms with van der Waals surface area (Å²) in [5.41, 5.74) is 3.77. The van der Waals surface area contributed by atoms with Crippen LogP contribution in [-0.4, -0.2) is 33.5 Å². The molecular weight excluding hydrogens is 434 g/mol. The summed E-state index contributed by atoms with van der Waals surface area (Å²) in [5.74, 6) is 1.69. The Bertz CT molecular complexity index is 1210. The molecule has 0 bridgehead atoms. The smallest absolute Gasteiger partial charge is 0.234 e. The van der Waals surface area contributed by atoms with Crippen LogP contribution in [0.1, 0.15) is 11.4 Å². The molecular formula is C25H25N5O2S. The highest BCUT2D eigenvalue weighted by molar-refractivity contribution is 7.99. The highest BCUT2D eigenvalue weighted by Gasteiger charge is 2.16. The van der Waals surface area contributed by atoms with Crippen molar-refractivity contribution in [2.45, 2.75) is 18.6 Å². The molecule has 0 unspecified atom stereocenters. The number of rotatable bonds is 9. The Balaban J connectivity index is 1.48. The van der Waals surface area contributed by atoms with Gasteiger partial charge in [-0.25, -0.2) is 0 Å². The van der Waals surface area contributed by atoms with E-state index in [1.807, 2.05) is 90.4 Å². The molecule has 1 heterocycles. The van der Waals surface area contributed by atoms with Crippen LogP contribution in [0, 0.1) is 6.92 Å². The number of hydrogen-bond donors (Lipinski definition) is 2. The van der Waals surface area contributed by atoms with E-state index >= 15 is 0 Å². The second-order valence-electron chi connectivity index (χ2n) is 7.36. The van der Waals surface area contributed by atoms with E-state index in [9.17, 15) is 4.79 Å². The van der Waals surface area contributed by atoms with Gasteiger partial charge in [0.2, 0.25) is 5.91 Å². The van der Waals surface area contributed by atoms with Crippen LogP contribution in [0.4, 0.5) is 11.4 Å². The zero-order valence-electron chi connectivity index (χ0n) is 18.5. The molecule has 3 aromatic carbocycles. The number of aryl methyl sites for hydroxylation is 1. The van der Waals surface area contributed by atoms with Gasteiger partial charge in [-0.15, -0.1) is 10.2 Å². The number of nitrogens with one attached hydrogen (secondary N) is 2. The Kier molecular flexibility index (Phi) is 7.26. The molecule has 8 heteroatoms. The highest BCUT2D eigenvalue weighted by atomic mass is 32.2. The van der Waals surface area contributed by atoms with Gasteiger partial charge in [0.15, 0.2) is 11.0 Å². The maximum Gasteiger partial charge on any atom is 0.234 e. The van der Waals surface area contributed by atoms with Crippen molar-refractivity contribution in [2.24, 2.45) is 0 Å². The molecule has 4 rings (SSSR count). The molecule has 0 atom stereocenters. The Labute approximate surface area is 197 Å². The minimum atomic E-state index is -0.0916. The van der Waals surface area contributed by atoms with E-state index < -0.39 is 0 Å². The highest BCUT2D eigenvalue weighted by Crippen LogP contribution is 2.23. The van der Waals surface area contributed by atoms with E-state index in [1.165, 1.54) is 11.8 Å². The van der Waals surface area contributed by atoms with Crippen LogP contribution in [-0.2, 0) is 11.3 Å². The molecule has 168 valence electrons. The van der Waals surface area contributed by atoms with Crippen molar-refractivity contribution < 1.29 is 9.53 Å². The van der Waals surface area contributed by atoms with Crippen molar-refractivity contribution >= 4 is 29.0 Å². The van der Waals surface area contributed by atoms with Gasteiger partial charge < -0.3 is 15.4 Å². The molecule has 0 aliphatic carbocycles. The minimum absolute atomic E-state index is 0.0916. The number of carbonyl (C=O) groups is 1. The molecule has 1 aromatic heterocycles. The molecule has 7 nitrogen and oxygen atoms in total. The van der Waals surface area contributed by atoms with Crippen LogP contribution in [0.2, 0.25) is 0 Å². The van der Waals surface area contributed by atoms with Crippen molar-refractivity contribution in [3.63, 3.8) is 0 Å². The van der Waals surface area contributed by atoms with Gasteiger partial charge in [0.05, 0.1) is 19.4 Å². The summed E-state index contributed by atoms with van der Waals surface area (Å²) in [7, 11) is 1.64. The third kappa shape index (κ3) is 5.93. The summed E-state index contributed by atoms with van der Waals surface area (Å²) in [6, 6.07) is 25.3. The van der Waals surface area contributed by atoms with E-state index in [0.29, 0.717) is 11.7 Å². The summed E-state index contributed by atoms with van der Waals surface area (Å²) in [6.45, 7) is 2.47. The number of carbonyl (C=O) groups excluding carboxylic acids is 1. The third-order valence-electron chi connectivity index (χ3n) is 4.89. The lowest BCUT2D eigenvalue weighted by molar-refractivity contribution is -0.113. The van der Waals surface area contributed by atoms with Gasteiger partial charge in [0.1, 0.15) is 5.75 Å². The van der Waals surface area contributed by atoms with Crippen molar-refractivity contribution in [3.8, 4) is 11.4 Å². The number of aromatic nitrogens is 3. The van der Waals surface area contributed by atoms with Crippen LogP contribution >= 0.6 is 11.8 Å². The van der Waals surface area contributed by atoms with Crippen molar-refractivity contribution in [3.05, 3.63) is 90.3 Å². The minimum Gasteiger partial charge on any atom is -0.497 e. The van der Waals surface area contributed by atoms with E-state index in [1.54, 1.807) is 7.11 Å². The van der Waals surface area contributed by atoms with Crippen LogP contribution in [0.15, 0.2) is 84.0 Å². The second kappa shape index (κ2) is 10.7. The van der Waals surface area contributed by atoms with Crippen molar-refractivity contribution in [1.82, 2.24) is 14.8 Å². The second-order valence-corrected chi connectivity index (χ2v) is 8.30. The number of benzene rings is 3. The molecule has 0 saturated carbocycles. The quantitative estimate of drug-likeness (QED) is 0.346. The van der Waals surface area contributed by atoms with Gasteiger partial charge >= 0.3 is 0 Å². The van der Waals surface area contributed by atoms with Crippen LogP contribution in [0.3, 0.4) is 0 Å². The largest absolute Gasteiger partial charge is 0.497 e. The SMILES string of the molecule is COc1ccc(NCc2nnc(SCC(=O)Nc3cccc(C)c3)n2-c2ccccc2)cc1. The normalized spacial score (nSPS) is 10.6. The molecule has 0 aliphatic heterocycles. The van der Waals surface area contributed by atoms with Gasteiger partial charge in [-0.2, -0.15) is 0 Å². The molecule has 0 aliphatic rings. The summed E-state index contributed by atoms with van der Waals surface area (Å²) in [4.78, 5) is 12.5. The van der Waals surface area contributed by atoms with Crippen LogP contribution < -0.4 is 15.4 Å². The number of hydrogen-bond acceptors (Lipinski definition) is 6. The lowest BCUT2D eigenvalue weighted by Crippen LogP contribution is -2.15. The Morgan fingerprint density at radius 1 is 0.970 bits per heavy atom. The standard InChI is InChI=1S/C25H25N5O2S/c1-18-7-6-8-20(15-18)27-24(31)17-33-25-29-28-23(30(25)21-9-4-3-5-10-21)16-26-19-11-13-22(32-2)14-12-19/h3-15,26H,16-17H2,1-2H3,(H,27,31). The summed E-state index contributed by atoms with van der Waals surface area (Å²) in [5, 5.41) is 15.7. The van der Waals surface area contributed by atoms with Gasteiger partial charge in [0.25, 0.3) is 0 Å². The van der Waals surface area contributed by atoms with Gasteiger partial charge in [0, 0.05) is 17.1 Å². The maximum absolute atomic E-state index is 12.5. The molecule has 0 radical (unpaired) electrons. The van der Waals surface area contributed by atoms with Gasteiger partial charge in [-0.3, -0.25) is 9.36 Å². The monoisotopic (exact) mass is 459 g/mol. The van der Waals surface area contributed by atoms with E-state index in [2.05, 4.69) is 20.8 Å². The number of ether oxygens (including phenoxy) is 1. The number of thioether (sulfide) groups is 1. The van der Waals surface area contributed by atoms with Crippen LogP contribution in [0.5, 0.6) is 5.75 Å². The molecule has 33 heavy (non-hydrogen) atoms. The predicted octanol–water partition coefficient (Wildman–Crippen LogP) is 4.93. The zero-order chi connectivity index (χ0) is 23.0. The Hall–Kier alpha value is -3.78. The Morgan fingerprint density at radius 2 is 1.76 bits per heavy atom. The van der Waals surface area contributed by atoms with E-state index in [-0.39, 0.29) is 11.7 Å². The summed E-state index contributed by atoms with van der Waals surface area (Å²) < 4.78 is 7.19. The topological polar surface area (TPSA) is 81.1 Å². The number of anilines is 2. The molecule has 0 fully saturated rings. The zero-order valence-corrected chi connectivity index (χ0v) is 19.3. The molecule has 0 saturated heterocycles. The molecule has 4 aromatic rings. The first kappa shape index (κ1) is 22.4. The van der Waals surface area contributed by atoms with Crippen molar-refractivity contribution in [2.75, 3.05) is 23.5 Å². The van der Waals surface area contributed by atoms with E-state index in [4.69, 9.17) is 4.74 Å². The lowest BCUT2D eigenvalue weighted by Gasteiger charge is -2.12. The average Bonchev–Trinajstić information content (AvgIpc) is 3.25.